The summed E-state index contributed by atoms with van der Waals surface area (Å²) < 4.78 is 0. The predicted molar refractivity (Wildman–Crippen MR) is 228 cm³/mol. The number of rotatable bonds is 8. The second-order valence-electron chi connectivity index (χ2n) is 14.0. The lowest BCUT2D eigenvalue weighted by atomic mass is 9.67. The Labute approximate surface area is 327 Å². The zero-order chi connectivity index (χ0) is 37.3. The van der Waals surface area contributed by atoms with Gasteiger partial charge in [0.25, 0.3) is 0 Å². The summed E-state index contributed by atoms with van der Waals surface area (Å²) in [6.45, 7) is 0. The second kappa shape index (κ2) is 14.1. The molecular weight excluding hydrogens is 681 g/mol. The largest absolute Gasteiger partial charge is 0.311 e. The van der Waals surface area contributed by atoms with E-state index in [9.17, 15) is 0 Å². The number of fused-ring (bicyclic) bond motifs is 3. The van der Waals surface area contributed by atoms with Crippen molar-refractivity contribution in [2.45, 2.75) is 5.41 Å². The molecule has 9 aromatic rings. The van der Waals surface area contributed by atoms with E-state index in [1.165, 1.54) is 33.4 Å². The number of nitrogens with zero attached hydrogens (tertiary/aromatic N) is 4. The van der Waals surface area contributed by atoms with Crippen molar-refractivity contribution in [2.24, 2.45) is 0 Å². The van der Waals surface area contributed by atoms with E-state index in [4.69, 9.17) is 15.0 Å². The summed E-state index contributed by atoms with van der Waals surface area (Å²) in [5.74, 6) is 1.92. The highest BCUT2D eigenvalue weighted by Crippen LogP contribution is 2.57. The van der Waals surface area contributed by atoms with Crippen LogP contribution >= 0.6 is 0 Å². The molecule has 0 saturated heterocycles. The first-order valence-electron chi connectivity index (χ1n) is 19.0. The second-order valence-corrected chi connectivity index (χ2v) is 14.0. The van der Waals surface area contributed by atoms with E-state index in [-0.39, 0.29) is 0 Å². The normalized spacial score (nSPS) is 14.1. The number of anilines is 3. The molecule has 56 heavy (non-hydrogen) atoms. The Balaban J connectivity index is 1.18. The summed E-state index contributed by atoms with van der Waals surface area (Å²) in [7, 11) is 0. The quantitative estimate of drug-likeness (QED) is 0.157. The highest BCUT2D eigenvalue weighted by Gasteiger charge is 2.46. The zero-order valence-corrected chi connectivity index (χ0v) is 30.6. The summed E-state index contributed by atoms with van der Waals surface area (Å²) in [6, 6.07) is 77.0. The number of benzene rings is 8. The fourth-order valence-electron chi connectivity index (χ4n) is 8.29. The number of aromatic nitrogens is 3. The molecule has 1 aliphatic carbocycles. The van der Waals surface area contributed by atoms with Crippen molar-refractivity contribution in [1.82, 2.24) is 15.0 Å². The first-order valence-corrected chi connectivity index (χ1v) is 19.0. The van der Waals surface area contributed by atoms with Crippen LogP contribution in [0.3, 0.4) is 0 Å². The monoisotopic (exact) mass is 716 g/mol. The van der Waals surface area contributed by atoms with Crippen molar-refractivity contribution in [2.75, 3.05) is 4.90 Å². The van der Waals surface area contributed by atoms with Crippen LogP contribution in [0.1, 0.15) is 22.3 Å². The van der Waals surface area contributed by atoms with Gasteiger partial charge in [-0.3, -0.25) is 0 Å². The maximum atomic E-state index is 5.13. The van der Waals surface area contributed by atoms with Gasteiger partial charge in [0.2, 0.25) is 0 Å². The first kappa shape index (κ1) is 33.2. The van der Waals surface area contributed by atoms with E-state index in [0.29, 0.717) is 17.5 Å². The fraction of sp³-hybridized carbons (Fsp3) is 0.0192. The van der Waals surface area contributed by atoms with Crippen LogP contribution < -0.4 is 4.90 Å². The van der Waals surface area contributed by atoms with Crippen molar-refractivity contribution in [3.63, 3.8) is 0 Å². The standard InChI is InChI=1S/C52H36N4/c1-6-18-37(19-7-1)49-53-50(38-20-8-2-9-21-38)55-51(54-49)39-30-35-46-45-28-16-17-29-47(45)52(48(46)36-39,40-22-10-3-11-23-40)41-31-33-44(34-32-41)56(42-24-12-4-13-25-42)43-26-14-5-15-27-43/h1-36H. The third-order valence-electron chi connectivity index (χ3n) is 10.8. The Morgan fingerprint density at radius 2 is 0.714 bits per heavy atom. The van der Waals surface area contributed by atoms with E-state index in [1.807, 2.05) is 60.7 Å². The molecule has 0 saturated carbocycles. The molecule has 1 atom stereocenters. The van der Waals surface area contributed by atoms with Gasteiger partial charge in [0.15, 0.2) is 17.5 Å². The Morgan fingerprint density at radius 1 is 0.304 bits per heavy atom. The molecule has 264 valence electrons. The molecule has 0 N–H and O–H groups in total. The molecule has 0 amide bonds. The van der Waals surface area contributed by atoms with Crippen molar-refractivity contribution in [3.8, 4) is 45.3 Å². The van der Waals surface area contributed by atoms with Crippen LogP contribution in [-0.4, -0.2) is 15.0 Å². The van der Waals surface area contributed by atoms with Crippen LogP contribution in [0.4, 0.5) is 17.1 Å². The molecule has 1 aromatic heterocycles. The number of para-hydroxylation sites is 2. The topological polar surface area (TPSA) is 41.9 Å². The van der Waals surface area contributed by atoms with Crippen LogP contribution in [0.25, 0.3) is 45.3 Å². The van der Waals surface area contributed by atoms with Gasteiger partial charge in [-0.2, -0.15) is 0 Å². The molecule has 1 heterocycles. The van der Waals surface area contributed by atoms with Crippen LogP contribution in [0.15, 0.2) is 218 Å². The van der Waals surface area contributed by atoms with Crippen LogP contribution in [0.5, 0.6) is 0 Å². The van der Waals surface area contributed by atoms with Crippen molar-refractivity contribution >= 4 is 17.1 Å². The van der Waals surface area contributed by atoms with Gasteiger partial charge < -0.3 is 4.90 Å². The van der Waals surface area contributed by atoms with Crippen molar-refractivity contribution in [1.29, 1.82) is 0 Å². The molecule has 0 radical (unpaired) electrons. The Morgan fingerprint density at radius 3 is 1.27 bits per heavy atom. The molecule has 4 nitrogen and oxygen atoms in total. The summed E-state index contributed by atoms with van der Waals surface area (Å²) in [5, 5.41) is 0. The van der Waals surface area contributed by atoms with Gasteiger partial charge in [-0.15, -0.1) is 0 Å². The lowest BCUT2D eigenvalue weighted by Gasteiger charge is -2.34. The van der Waals surface area contributed by atoms with Crippen molar-refractivity contribution in [3.05, 3.63) is 241 Å². The smallest absolute Gasteiger partial charge is 0.164 e. The molecule has 1 aliphatic rings. The highest BCUT2D eigenvalue weighted by molar-refractivity contribution is 5.88. The SMILES string of the molecule is c1ccc(-c2nc(-c3ccccc3)nc(-c3ccc4c(c3)C(c3ccccc3)(c3ccc(N(c5ccccc5)c5ccccc5)cc3)c3ccccc3-4)n2)cc1. The highest BCUT2D eigenvalue weighted by atomic mass is 15.1. The number of hydrogen-bond donors (Lipinski definition) is 0. The maximum Gasteiger partial charge on any atom is 0.164 e. The Bertz CT molecular complexity index is 2680. The lowest BCUT2D eigenvalue weighted by molar-refractivity contribution is 0.768. The maximum absolute atomic E-state index is 5.13. The van der Waals surface area contributed by atoms with Crippen LogP contribution in [-0.2, 0) is 5.41 Å². The van der Waals surface area contributed by atoms with Gasteiger partial charge in [-0.05, 0) is 75.8 Å². The van der Waals surface area contributed by atoms with Gasteiger partial charge >= 0.3 is 0 Å². The molecule has 8 aromatic carbocycles. The Hall–Kier alpha value is -7.43. The third kappa shape index (κ3) is 5.67. The average molecular weight is 717 g/mol. The van der Waals surface area contributed by atoms with Gasteiger partial charge in [-0.25, -0.2) is 15.0 Å². The first-order chi connectivity index (χ1) is 27.8. The molecule has 0 fully saturated rings. The van der Waals surface area contributed by atoms with E-state index >= 15 is 0 Å². The summed E-state index contributed by atoms with van der Waals surface area (Å²) >= 11 is 0. The minimum Gasteiger partial charge on any atom is -0.311 e. The summed E-state index contributed by atoms with van der Waals surface area (Å²) in [6.07, 6.45) is 0. The molecule has 0 bridgehead atoms. The van der Waals surface area contributed by atoms with Gasteiger partial charge in [-0.1, -0.05) is 176 Å². The van der Waals surface area contributed by atoms with E-state index in [2.05, 4.69) is 163 Å². The van der Waals surface area contributed by atoms with Crippen LogP contribution in [0, 0.1) is 0 Å². The lowest BCUT2D eigenvalue weighted by Crippen LogP contribution is -2.28. The summed E-state index contributed by atoms with van der Waals surface area (Å²) in [4.78, 5) is 17.5. The van der Waals surface area contributed by atoms with Gasteiger partial charge in [0.1, 0.15) is 0 Å². The van der Waals surface area contributed by atoms with Gasteiger partial charge in [0.05, 0.1) is 5.41 Å². The van der Waals surface area contributed by atoms with E-state index in [0.717, 1.165) is 33.8 Å². The molecule has 10 rings (SSSR count). The molecule has 0 spiro atoms. The third-order valence-corrected chi connectivity index (χ3v) is 10.8. The predicted octanol–water partition coefficient (Wildman–Crippen LogP) is 12.7. The molecule has 4 heteroatoms. The van der Waals surface area contributed by atoms with E-state index in [1.54, 1.807) is 0 Å². The van der Waals surface area contributed by atoms with E-state index < -0.39 is 5.41 Å². The molecule has 0 aliphatic heterocycles. The zero-order valence-electron chi connectivity index (χ0n) is 30.6. The minimum atomic E-state index is -0.608. The number of hydrogen-bond acceptors (Lipinski definition) is 4. The van der Waals surface area contributed by atoms with Crippen LogP contribution in [0.2, 0.25) is 0 Å². The average Bonchev–Trinajstić information content (AvgIpc) is 3.58. The molecule has 1 unspecified atom stereocenters. The summed E-state index contributed by atoms with van der Waals surface area (Å²) in [5.41, 5.74) is 12.8. The minimum absolute atomic E-state index is 0.608. The Kier molecular flexibility index (Phi) is 8.34. The fourth-order valence-corrected chi connectivity index (χ4v) is 8.29. The van der Waals surface area contributed by atoms with Crippen molar-refractivity contribution < 1.29 is 0 Å². The van der Waals surface area contributed by atoms with Gasteiger partial charge in [0, 0.05) is 33.8 Å². The molecular formula is C52H36N4.